The van der Waals surface area contributed by atoms with Crippen LogP contribution in [-0.2, 0) is 12.0 Å². The molecular formula is C23H32N2. The van der Waals surface area contributed by atoms with Gasteiger partial charge in [-0.15, -0.1) is 0 Å². The van der Waals surface area contributed by atoms with Crippen LogP contribution in [0.1, 0.15) is 37.8 Å². The number of hydrogen-bond donors (Lipinski definition) is 1. The number of rotatable bonds is 6. The van der Waals surface area contributed by atoms with Crippen molar-refractivity contribution in [1.82, 2.24) is 10.2 Å². The number of benzene rings is 2. The zero-order valence-corrected chi connectivity index (χ0v) is 15.9. The lowest BCUT2D eigenvalue weighted by Gasteiger charge is -2.50. The van der Waals surface area contributed by atoms with Crippen molar-refractivity contribution >= 4 is 0 Å². The Bertz CT molecular complexity index is 640. The molecule has 3 rings (SSSR count). The van der Waals surface area contributed by atoms with Crippen LogP contribution < -0.4 is 5.32 Å². The Hall–Kier alpha value is -1.64. The molecule has 0 aromatic heterocycles. The lowest BCUT2D eigenvalue weighted by atomic mass is 9.63. The molecule has 134 valence electrons. The third-order valence-electron chi connectivity index (χ3n) is 6.19. The summed E-state index contributed by atoms with van der Waals surface area (Å²) in [6.45, 7) is 8.00. The molecule has 1 N–H and O–H groups in total. The first-order chi connectivity index (χ1) is 12.1. The van der Waals surface area contributed by atoms with Crippen molar-refractivity contribution in [1.29, 1.82) is 0 Å². The molecule has 1 heterocycles. The highest BCUT2D eigenvalue weighted by Crippen LogP contribution is 2.44. The number of hydrogen-bond acceptors (Lipinski definition) is 2. The SMILES string of the molecule is C[C@@H]1CN(C)[C@@H](C)C[C@@]1(CCNCc1ccccc1)c1ccccc1. The van der Waals surface area contributed by atoms with Crippen LogP contribution >= 0.6 is 0 Å². The van der Waals surface area contributed by atoms with Gasteiger partial charge in [-0.1, -0.05) is 67.6 Å². The standard InChI is InChI=1S/C23H32N2/c1-19-18-25(3)20(2)16-23(19,22-12-8-5-9-13-22)14-15-24-17-21-10-6-4-7-11-21/h4-13,19-20,24H,14-18H2,1-3H3/t19-,20+,23-/m1/s1. The summed E-state index contributed by atoms with van der Waals surface area (Å²) in [5, 5.41) is 3.68. The highest BCUT2D eigenvalue weighted by atomic mass is 15.1. The summed E-state index contributed by atoms with van der Waals surface area (Å²) in [7, 11) is 2.27. The van der Waals surface area contributed by atoms with E-state index in [4.69, 9.17) is 0 Å². The third kappa shape index (κ3) is 4.13. The van der Waals surface area contributed by atoms with E-state index in [2.05, 4.69) is 91.8 Å². The second-order valence-corrected chi connectivity index (χ2v) is 7.83. The summed E-state index contributed by atoms with van der Waals surface area (Å²) in [6.07, 6.45) is 2.44. The molecule has 0 spiro atoms. The van der Waals surface area contributed by atoms with Crippen LogP contribution in [-0.4, -0.2) is 31.1 Å². The number of piperidine rings is 1. The average Bonchev–Trinajstić information content (AvgIpc) is 2.64. The topological polar surface area (TPSA) is 15.3 Å². The van der Waals surface area contributed by atoms with Gasteiger partial charge in [0.15, 0.2) is 0 Å². The summed E-state index contributed by atoms with van der Waals surface area (Å²) < 4.78 is 0. The van der Waals surface area contributed by atoms with E-state index >= 15 is 0 Å². The fourth-order valence-corrected chi connectivity index (χ4v) is 4.48. The zero-order chi connectivity index (χ0) is 17.7. The summed E-state index contributed by atoms with van der Waals surface area (Å²) in [6, 6.07) is 22.5. The molecule has 0 radical (unpaired) electrons. The van der Waals surface area contributed by atoms with Crippen molar-refractivity contribution in [2.24, 2.45) is 5.92 Å². The van der Waals surface area contributed by atoms with E-state index in [0.29, 0.717) is 12.0 Å². The minimum absolute atomic E-state index is 0.275. The van der Waals surface area contributed by atoms with Crippen molar-refractivity contribution in [3.8, 4) is 0 Å². The largest absolute Gasteiger partial charge is 0.313 e. The second-order valence-electron chi connectivity index (χ2n) is 7.83. The van der Waals surface area contributed by atoms with E-state index in [-0.39, 0.29) is 5.41 Å². The predicted molar refractivity (Wildman–Crippen MR) is 107 cm³/mol. The first kappa shape index (κ1) is 18.2. The van der Waals surface area contributed by atoms with Crippen molar-refractivity contribution in [2.45, 2.75) is 44.7 Å². The average molecular weight is 337 g/mol. The molecule has 0 saturated carbocycles. The van der Waals surface area contributed by atoms with Crippen molar-refractivity contribution in [3.63, 3.8) is 0 Å². The summed E-state index contributed by atoms with van der Waals surface area (Å²) in [5.41, 5.74) is 3.15. The third-order valence-corrected chi connectivity index (χ3v) is 6.19. The molecule has 0 bridgehead atoms. The van der Waals surface area contributed by atoms with Gasteiger partial charge in [0.25, 0.3) is 0 Å². The molecule has 1 aliphatic heterocycles. The Morgan fingerprint density at radius 1 is 1.00 bits per heavy atom. The maximum Gasteiger partial charge on any atom is 0.0205 e. The minimum Gasteiger partial charge on any atom is -0.313 e. The number of nitrogens with zero attached hydrogens (tertiary/aromatic N) is 1. The summed E-state index contributed by atoms with van der Waals surface area (Å²) in [4.78, 5) is 2.52. The van der Waals surface area contributed by atoms with E-state index in [1.54, 1.807) is 0 Å². The highest BCUT2D eigenvalue weighted by molar-refractivity contribution is 5.28. The molecule has 0 aliphatic carbocycles. The van der Waals surface area contributed by atoms with Crippen LogP contribution in [0.4, 0.5) is 0 Å². The van der Waals surface area contributed by atoms with Gasteiger partial charge in [-0.25, -0.2) is 0 Å². The van der Waals surface area contributed by atoms with Crippen LogP contribution in [0.3, 0.4) is 0 Å². The molecular weight excluding hydrogens is 304 g/mol. The van der Waals surface area contributed by atoms with Crippen molar-refractivity contribution in [3.05, 3.63) is 71.8 Å². The van der Waals surface area contributed by atoms with Crippen LogP contribution in [0.15, 0.2) is 60.7 Å². The Labute approximate surface area is 153 Å². The monoisotopic (exact) mass is 336 g/mol. The molecule has 1 fully saturated rings. The molecule has 0 unspecified atom stereocenters. The highest BCUT2D eigenvalue weighted by Gasteiger charge is 2.43. The zero-order valence-electron chi connectivity index (χ0n) is 15.9. The minimum atomic E-state index is 0.275. The van der Waals surface area contributed by atoms with Gasteiger partial charge in [0.2, 0.25) is 0 Å². The number of nitrogens with one attached hydrogen (secondary N) is 1. The van der Waals surface area contributed by atoms with Crippen LogP contribution in [0, 0.1) is 5.92 Å². The maximum atomic E-state index is 3.68. The molecule has 1 saturated heterocycles. The van der Waals surface area contributed by atoms with Gasteiger partial charge in [0.05, 0.1) is 0 Å². The summed E-state index contributed by atoms with van der Waals surface area (Å²) >= 11 is 0. The Morgan fingerprint density at radius 2 is 1.64 bits per heavy atom. The first-order valence-electron chi connectivity index (χ1n) is 9.62. The van der Waals surface area contributed by atoms with E-state index in [1.807, 2.05) is 0 Å². The molecule has 0 amide bonds. The van der Waals surface area contributed by atoms with Crippen LogP contribution in [0.2, 0.25) is 0 Å². The lowest BCUT2D eigenvalue weighted by Crippen LogP contribution is -2.52. The smallest absolute Gasteiger partial charge is 0.0205 e. The predicted octanol–water partition coefficient (Wildman–Crippen LogP) is 4.46. The van der Waals surface area contributed by atoms with Crippen LogP contribution in [0.5, 0.6) is 0 Å². The molecule has 2 heteroatoms. The van der Waals surface area contributed by atoms with Gasteiger partial charge >= 0.3 is 0 Å². The van der Waals surface area contributed by atoms with Gasteiger partial charge in [-0.05, 0) is 50.4 Å². The van der Waals surface area contributed by atoms with Crippen molar-refractivity contribution < 1.29 is 0 Å². The maximum absolute atomic E-state index is 3.68. The van der Waals surface area contributed by atoms with Gasteiger partial charge in [-0.3, -0.25) is 0 Å². The quantitative estimate of drug-likeness (QED) is 0.783. The lowest BCUT2D eigenvalue weighted by molar-refractivity contribution is 0.0689. The fraction of sp³-hybridized carbons (Fsp3) is 0.478. The summed E-state index contributed by atoms with van der Waals surface area (Å²) in [5.74, 6) is 0.662. The Balaban J connectivity index is 1.71. The van der Waals surface area contributed by atoms with E-state index in [9.17, 15) is 0 Å². The first-order valence-corrected chi connectivity index (χ1v) is 9.62. The molecule has 1 aliphatic rings. The normalized spacial score (nSPS) is 27.3. The van der Waals surface area contributed by atoms with E-state index in [1.165, 1.54) is 30.5 Å². The molecule has 25 heavy (non-hydrogen) atoms. The van der Waals surface area contributed by atoms with E-state index < -0.39 is 0 Å². The van der Waals surface area contributed by atoms with Crippen LogP contribution in [0.25, 0.3) is 0 Å². The molecule has 2 nitrogen and oxygen atoms in total. The Kier molecular flexibility index (Phi) is 5.93. The fourth-order valence-electron chi connectivity index (χ4n) is 4.48. The molecule has 2 aromatic rings. The Morgan fingerprint density at radius 3 is 2.32 bits per heavy atom. The molecule has 2 aromatic carbocycles. The number of likely N-dealkylation sites (tertiary alicyclic amines) is 1. The van der Waals surface area contributed by atoms with Gasteiger partial charge < -0.3 is 10.2 Å². The van der Waals surface area contributed by atoms with Gasteiger partial charge in [0, 0.05) is 24.5 Å². The van der Waals surface area contributed by atoms with Gasteiger partial charge in [-0.2, -0.15) is 0 Å². The van der Waals surface area contributed by atoms with Crippen molar-refractivity contribution in [2.75, 3.05) is 20.1 Å². The second kappa shape index (κ2) is 8.16. The van der Waals surface area contributed by atoms with E-state index in [0.717, 1.165) is 13.1 Å². The van der Waals surface area contributed by atoms with Gasteiger partial charge in [0.1, 0.15) is 0 Å². The molecule has 3 atom stereocenters.